The fourth-order valence-electron chi connectivity index (χ4n) is 11.7. The maximum Gasteiger partial charge on any atom is 0.255 e. The zero-order valence-corrected chi connectivity index (χ0v) is 51.2. The Hall–Kier alpha value is -8.47. The van der Waals surface area contributed by atoms with Gasteiger partial charge in [0.05, 0.1) is 44.8 Å². The van der Waals surface area contributed by atoms with Crippen LogP contribution in [0.1, 0.15) is 90.4 Å². The number of nitrogens with one attached hydrogen (secondary N) is 6. The van der Waals surface area contributed by atoms with Crippen LogP contribution in [-0.2, 0) is 44.7 Å². The van der Waals surface area contributed by atoms with E-state index in [-0.39, 0.29) is 75.7 Å². The van der Waals surface area contributed by atoms with Crippen LogP contribution in [0.2, 0.25) is 0 Å². The number of piperazine rings is 1. The van der Waals surface area contributed by atoms with Gasteiger partial charge in [-0.15, -0.1) is 0 Å². The highest BCUT2D eigenvalue weighted by atomic mass is 16.5. The van der Waals surface area contributed by atoms with Crippen LogP contribution in [0.5, 0.6) is 0 Å². The minimum Gasteiger partial charge on any atom is -0.377 e. The predicted octanol–water partition coefficient (Wildman–Crippen LogP) is 6.63. The van der Waals surface area contributed by atoms with Crippen molar-refractivity contribution >= 4 is 52.8 Å². The number of nitrogens with zero attached hydrogens (tertiary/aromatic N) is 6. The molecule has 4 atom stereocenters. The molecular weight excluding hydrogens is 1130 g/mol. The number of pyridine rings is 1. The van der Waals surface area contributed by atoms with Gasteiger partial charge >= 0.3 is 0 Å². The molecule has 2 aromatic heterocycles. The number of anilines is 3. The van der Waals surface area contributed by atoms with Crippen LogP contribution in [0.15, 0.2) is 140 Å². The largest absolute Gasteiger partial charge is 0.377 e. The number of aryl methyl sites for hydroxylation is 1. The third-order valence-corrected chi connectivity index (χ3v) is 16.8. The lowest BCUT2D eigenvalue weighted by Gasteiger charge is -2.36. The molecule has 6 aromatic rings. The maximum atomic E-state index is 14.6. The summed E-state index contributed by atoms with van der Waals surface area (Å²) in [5, 5.41) is 18.4. The minimum absolute atomic E-state index is 0.0348. The highest BCUT2D eigenvalue weighted by molar-refractivity contribution is 6.04. The molecule has 21 nitrogen and oxygen atoms in total. The Kier molecular flexibility index (Phi) is 24.2. The molecule has 3 fully saturated rings. The number of hydrogen-bond donors (Lipinski definition) is 6. The van der Waals surface area contributed by atoms with Gasteiger partial charge in [0, 0.05) is 92.8 Å². The second kappa shape index (κ2) is 33.2. The lowest BCUT2D eigenvalue weighted by molar-refractivity contribution is -0.143. The fraction of sp³-hybridized carbons (Fsp3) is 0.426. The third-order valence-electron chi connectivity index (χ3n) is 16.8. The van der Waals surface area contributed by atoms with E-state index in [0.717, 1.165) is 71.3 Å². The monoisotopic (exact) mass is 1210 g/mol. The number of hydrogen-bond acceptors (Lipinski definition) is 15. The second-order valence-electron chi connectivity index (χ2n) is 22.9. The van der Waals surface area contributed by atoms with Gasteiger partial charge in [0.25, 0.3) is 5.91 Å². The smallest absolute Gasteiger partial charge is 0.255 e. The summed E-state index contributed by atoms with van der Waals surface area (Å²) in [6, 6.07) is 34.9. The van der Waals surface area contributed by atoms with Crippen molar-refractivity contribution in [1.82, 2.24) is 50.9 Å². The number of aromatic nitrogens is 3. The Morgan fingerprint density at radius 2 is 1.38 bits per heavy atom. The van der Waals surface area contributed by atoms with Crippen molar-refractivity contribution in [2.75, 3.05) is 96.6 Å². The Bertz CT molecular complexity index is 3220. The van der Waals surface area contributed by atoms with E-state index in [1.807, 2.05) is 133 Å². The molecule has 2 aliphatic heterocycles. The van der Waals surface area contributed by atoms with Gasteiger partial charge in [-0.2, -0.15) is 0 Å². The zero-order valence-electron chi connectivity index (χ0n) is 51.2. The normalized spacial score (nSPS) is 16.5. The van der Waals surface area contributed by atoms with Crippen molar-refractivity contribution < 1.29 is 43.0 Å². The fourth-order valence-corrected chi connectivity index (χ4v) is 11.7. The molecule has 0 bridgehead atoms. The van der Waals surface area contributed by atoms with E-state index in [0.29, 0.717) is 69.3 Å². The average molecular weight is 1210 g/mol. The van der Waals surface area contributed by atoms with Crippen molar-refractivity contribution in [3.63, 3.8) is 0 Å². The Morgan fingerprint density at radius 1 is 0.685 bits per heavy atom. The van der Waals surface area contributed by atoms with Gasteiger partial charge in [-0.25, -0.2) is 9.97 Å². The van der Waals surface area contributed by atoms with Gasteiger partial charge in [-0.1, -0.05) is 98.1 Å². The molecule has 6 N–H and O–H groups in total. The van der Waals surface area contributed by atoms with E-state index in [4.69, 9.17) is 14.2 Å². The molecule has 1 aliphatic carbocycles. The number of rotatable bonds is 29. The number of carbonyl (C=O) groups excluding carboxylic acids is 6. The molecule has 89 heavy (non-hydrogen) atoms. The number of carbonyl (C=O) groups is 6. The first-order valence-electron chi connectivity index (χ1n) is 31.1. The number of amides is 6. The number of ether oxygens (including phenoxy) is 3. The molecule has 6 amide bonds. The highest BCUT2D eigenvalue weighted by Gasteiger charge is 2.43. The minimum atomic E-state index is -1.05. The molecule has 0 radical (unpaired) electrons. The summed E-state index contributed by atoms with van der Waals surface area (Å²) in [6.07, 6.45) is 10.9. The molecule has 3 aliphatic rings. The van der Waals surface area contributed by atoms with Crippen LogP contribution in [0.4, 0.5) is 17.3 Å². The van der Waals surface area contributed by atoms with Crippen molar-refractivity contribution in [2.24, 2.45) is 5.92 Å². The van der Waals surface area contributed by atoms with E-state index < -0.39 is 41.9 Å². The van der Waals surface area contributed by atoms with E-state index >= 15 is 0 Å². The molecule has 1 saturated carbocycles. The van der Waals surface area contributed by atoms with E-state index in [2.05, 4.69) is 51.8 Å². The summed E-state index contributed by atoms with van der Waals surface area (Å²) < 4.78 is 17.2. The first-order valence-corrected chi connectivity index (χ1v) is 31.1. The van der Waals surface area contributed by atoms with Gasteiger partial charge in [0.1, 0.15) is 24.7 Å². The topological polar surface area (TPSA) is 251 Å². The molecule has 4 heterocycles. The molecule has 4 aromatic carbocycles. The van der Waals surface area contributed by atoms with E-state index in [1.54, 1.807) is 37.5 Å². The summed E-state index contributed by atoms with van der Waals surface area (Å²) >= 11 is 0. The summed E-state index contributed by atoms with van der Waals surface area (Å²) in [4.78, 5) is 102. The van der Waals surface area contributed by atoms with Gasteiger partial charge in [-0.05, 0) is 117 Å². The number of likely N-dealkylation sites (N-methyl/N-ethyl adjacent to an activating group) is 1. The van der Waals surface area contributed by atoms with Crippen LogP contribution in [0.25, 0.3) is 11.3 Å². The van der Waals surface area contributed by atoms with Crippen LogP contribution in [-0.4, -0.2) is 175 Å². The van der Waals surface area contributed by atoms with Crippen LogP contribution < -0.4 is 31.9 Å². The van der Waals surface area contributed by atoms with Crippen LogP contribution >= 0.6 is 0 Å². The van der Waals surface area contributed by atoms with Gasteiger partial charge in [0.15, 0.2) is 0 Å². The maximum absolute atomic E-state index is 14.6. The Balaban J connectivity index is 0.668. The summed E-state index contributed by atoms with van der Waals surface area (Å²) in [7, 11) is 1.70. The zero-order chi connectivity index (χ0) is 62.3. The molecule has 21 heteroatoms. The van der Waals surface area contributed by atoms with Crippen LogP contribution in [0.3, 0.4) is 0 Å². The van der Waals surface area contributed by atoms with Gasteiger partial charge in [-0.3, -0.25) is 38.7 Å². The standard InChI is InChI=1S/C68H84N12O9/c1-47-23-28-55(43-57(47)75-68-72-31-29-56(74-68)54-21-13-30-70-44-54)73-64(83)53-26-24-49(25-27-53)45-78-34-36-79(37-35-78)59(81)46-89-42-41-88-40-39-87-38-32-71-66(85)62(60(50-15-7-4-8-16-50)51-17-9-5-10-18-51)77-65(84)58-22-14-33-80(58)67(86)61(52-19-11-6-12-20-52)76-63(82)48(2)69-3/h4-5,7-10,13,15-18,21,23-31,43-44,48,52,58,60-62,69H,6,11-12,14,19-20,22,32-42,45-46H2,1-3H3,(H,71,85)(H,73,83)(H,76,82)(H,77,84)(H,72,74,75)/t48-,58-,61-,62-/m0/s1. The first-order chi connectivity index (χ1) is 43.4. The molecule has 0 unspecified atom stereocenters. The SMILES string of the molecule is CN[C@@H](C)C(=O)N[C@H](C(=O)N1CCC[C@H]1C(=O)N[C@H](C(=O)NCCOCCOCCOCC(=O)N1CCN(Cc2ccc(C(=O)Nc3ccc(C)c(Nc4nccc(-c5cccnc5)n4)c3)cc2)CC1)C(c1ccccc1)c1ccccc1)C1CCCCC1. The van der Waals surface area contributed by atoms with Gasteiger partial charge < -0.3 is 55.9 Å². The van der Waals surface area contributed by atoms with Crippen molar-refractivity contribution in [3.8, 4) is 11.3 Å². The quantitative estimate of drug-likeness (QED) is 0.0270. The second-order valence-corrected chi connectivity index (χ2v) is 22.9. The van der Waals surface area contributed by atoms with Crippen molar-refractivity contribution in [3.05, 3.63) is 168 Å². The lowest BCUT2D eigenvalue weighted by Crippen LogP contribution is -2.59. The van der Waals surface area contributed by atoms with Crippen LogP contribution in [0, 0.1) is 12.8 Å². The van der Waals surface area contributed by atoms with E-state index in [1.165, 1.54) is 0 Å². The molecule has 9 rings (SSSR count). The van der Waals surface area contributed by atoms with Crippen molar-refractivity contribution in [2.45, 2.75) is 95.4 Å². The first kappa shape index (κ1) is 65.0. The van der Waals surface area contributed by atoms with E-state index in [9.17, 15) is 28.8 Å². The summed E-state index contributed by atoms with van der Waals surface area (Å²) in [5.74, 6) is -1.83. The summed E-state index contributed by atoms with van der Waals surface area (Å²) in [6.45, 7) is 8.65. The molecule has 0 spiro atoms. The van der Waals surface area contributed by atoms with Crippen molar-refractivity contribution in [1.29, 1.82) is 0 Å². The summed E-state index contributed by atoms with van der Waals surface area (Å²) in [5.41, 5.74) is 7.24. The molecule has 470 valence electrons. The van der Waals surface area contributed by atoms with Gasteiger partial charge in [0.2, 0.25) is 35.5 Å². The number of likely N-dealkylation sites (tertiary alicyclic amines) is 1. The lowest BCUT2D eigenvalue weighted by atomic mass is 9.83. The Labute approximate surface area is 521 Å². The Morgan fingerprint density at radius 3 is 2.07 bits per heavy atom. The molecule has 2 saturated heterocycles. The third kappa shape index (κ3) is 18.6. The highest BCUT2D eigenvalue weighted by Crippen LogP contribution is 2.32. The average Bonchev–Trinajstić information content (AvgIpc) is 3.38. The molecular formula is C68H84N12O9. The predicted molar refractivity (Wildman–Crippen MR) is 340 cm³/mol. The number of benzene rings is 4.